The number of anilines is 1. The summed E-state index contributed by atoms with van der Waals surface area (Å²) < 4.78 is 13.7. The molecule has 1 amide bonds. The maximum Gasteiger partial charge on any atom is 0.256 e. The van der Waals surface area contributed by atoms with Crippen LogP contribution in [0.5, 0.6) is 0 Å². The molecule has 1 saturated heterocycles. The number of nitrogen functional groups attached to an aromatic ring is 1. The molecular weight excluding hydrogens is 243 g/mol. The van der Waals surface area contributed by atoms with Gasteiger partial charge < -0.3 is 10.6 Å². The topological polar surface area (TPSA) is 46.3 Å². The molecule has 3 nitrogen and oxygen atoms in total. The van der Waals surface area contributed by atoms with Crippen molar-refractivity contribution < 1.29 is 9.18 Å². The summed E-state index contributed by atoms with van der Waals surface area (Å²) in [6.07, 6.45) is 4.43. The van der Waals surface area contributed by atoms with Gasteiger partial charge in [-0.05, 0) is 37.0 Å². The van der Waals surface area contributed by atoms with Crippen molar-refractivity contribution in [2.45, 2.75) is 32.6 Å². The van der Waals surface area contributed by atoms with Gasteiger partial charge in [0.1, 0.15) is 5.82 Å². The minimum absolute atomic E-state index is 0.0916. The summed E-state index contributed by atoms with van der Waals surface area (Å²) in [4.78, 5) is 14.0. The summed E-state index contributed by atoms with van der Waals surface area (Å²) in [6.45, 7) is 3.62. The number of carbonyl (C=O) groups excluding carboxylic acids is 1. The van der Waals surface area contributed by atoms with Gasteiger partial charge in [0.2, 0.25) is 0 Å². The van der Waals surface area contributed by atoms with Crippen LogP contribution in [-0.2, 0) is 0 Å². The van der Waals surface area contributed by atoms with Gasteiger partial charge in [0.15, 0.2) is 0 Å². The molecular formula is C15H21FN2O. The van der Waals surface area contributed by atoms with E-state index in [2.05, 4.69) is 6.92 Å². The van der Waals surface area contributed by atoms with E-state index in [0.717, 1.165) is 25.9 Å². The van der Waals surface area contributed by atoms with E-state index in [0.29, 0.717) is 11.6 Å². The second-order valence-corrected chi connectivity index (χ2v) is 5.26. The van der Waals surface area contributed by atoms with Crippen LogP contribution in [-0.4, -0.2) is 23.9 Å². The normalized spacial score (nSPS) is 16.6. The second kappa shape index (κ2) is 6.04. The summed E-state index contributed by atoms with van der Waals surface area (Å²) in [7, 11) is 0. The minimum Gasteiger partial charge on any atom is -0.399 e. The van der Waals surface area contributed by atoms with Crippen LogP contribution in [0.4, 0.5) is 10.1 Å². The Morgan fingerprint density at radius 2 is 2.11 bits per heavy atom. The second-order valence-electron chi connectivity index (χ2n) is 5.26. The maximum absolute atomic E-state index is 13.7. The van der Waals surface area contributed by atoms with Crippen LogP contribution in [0.3, 0.4) is 0 Å². The molecule has 0 saturated carbocycles. The fourth-order valence-corrected chi connectivity index (χ4v) is 2.71. The van der Waals surface area contributed by atoms with Crippen LogP contribution in [0.2, 0.25) is 0 Å². The van der Waals surface area contributed by atoms with E-state index >= 15 is 0 Å². The van der Waals surface area contributed by atoms with Gasteiger partial charge in [-0.25, -0.2) is 4.39 Å². The van der Waals surface area contributed by atoms with E-state index in [9.17, 15) is 9.18 Å². The molecule has 1 aliphatic heterocycles. The van der Waals surface area contributed by atoms with Crippen LogP contribution in [0, 0.1) is 11.7 Å². The highest BCUT2D eigenvalue weighted by atomic mass is 19.1. The zero-order chi connectivity index (χ0) is 13.8. The number of likely N-dealkylation sites (tertiary alicyclic amines) is 1. The lowest BCUT2D eigenvalue weighted by Crippen LogP contribution is -2.38. The first-order chi connectivity index (χ1) is 9.11. The molecule has 19 heavy (non-hydrogen) atoms. The van der Waals surface area contributed by atoms with E-state index < -0.39 is 5.82 Å². The smallest absolute Gasteiger partial charge is 0.256 e. The number of piperidine rings is 1. The first kappa shape index (κ1) is 13.8. The third-order valence-corrected chi connectivity index (χ3v) is 3.82. The minimum atomic E-state index is -0.491. The molecule has 0 unspecified atom stereocenters. The molecule has 0 atom stereocenters. The molecule has 2 rings (SSSR count). The third-order valence-electron chi connectivity index (χ3n) is 3.82. The summed E-state index contributed by atoms with van der Waals surface area (Å²) in [6, 6.07) is 4.15. The Labute approximate surface area is 113 Å². The van der Waals surface area contributed by atoms with E-state index in [-0.39, 0.29) is 11.5 Å². The van der Waals surface area contributed by atoms with Gasteiger partial charge in [-0.1, -0.05) is 19.8 Å². The van der Waals surface area contributed by atoms with Crippen molar-refractivity contribution in [3.63, 3.8) is 0 Å². The Morgan fingerprint density at radius 3 is 2.74 bits per heavy atom. The molecule has 1 aliphatic rings. The van der Waals surface area contributed by atoms with Gasteiger partial charge >= 0.3 is 0 Å². The Balaban J connectivity index is 2.03. The molecule has 0 aromatic heterocycles. The monoisotopic (exact) mass is 264 g/mol. The highest BCUT2D eigenvalue weighted by Crippen LogP contribution is 2.24. The predicted molar refractivity (Wildman–Crippen MR) is 74.3 cm³/mol. The quantitative estimate of drug-likeness (QED) is 0.853. The summed E-state index contributed by atoms with van der Waals surface area (Å²) in [5.41, 5.74) is 6.13. The van der Waals surface area contributed by atoms with E-state index in [1.807, 2.05) is 0 Å². The van der Waals surface area contributed by atoms with Crippen LogP contribution in [0.15, 0.2) is 18.2 Å². The summed E-state index contributed by atoms with van der Waals surface area (Å²) >= 11 is 0. The maximum atomic E-state index is 13.7. The number of rotatable bonds is 3. The van der Waals surface area contributed by atoms with Crippen molar-refractivity contribution in [1.29, 1.82) is 0 Å². The Kier molecular flexibility index (Phi) is 4.40. The fourth-order valence-electron chi connectivity index (χ4n) is 2.71. The first-order valence-corrected chi connectivity index (χ1v) is 6.96. The SMILES string of the molecule is CCCC1CCN(C(=O)c2cc(N)ccc2F)CC1. The van der Waals surface area contributed by atoms with Gasteiger partial charge in [0, 0.05) is 18.8 Å². The van der Waals surface area contributed by atoms with Crippen molar-refractivity contribution in [2.24, 2.45) is 5.92 Å². The molecule has 0 bridgehead atoms. The van der Waals surface area contributed by atoms with E-state index in [1.54, 1.807) is 4.90 Å². The number of amides is 1. The molecule has 1 heterocycles. The number of carbonyl (C=O) groups is 1. The predicted octanol–water partition coefficient (Wildman–Crippen LogP) is 3.06. The average molecular weight is 264 g/mol. The molecule has 0 spiro atoms. The van der Waals surface area contributed by atoms with Gasteiger partial charge in [-0.3, -0.25) is 4.79 Å². The van der Waals surface area contributed by atoms with Gasteiger partial charge in [-0.15, -0.1) is 0 Å². The molecule has 0 aliphatic carbocycles. The van der Waals surface area contributed by atoms with Crippen LogP contribution in [0.1, 0.15) is 43.0 Å². The van der Waals surface area contributed by atoms with Crippen molar-refractivity contribution in [2.75, 3.05) is 18.8 Å². The standard InChI is InChI=1S/C15H21FN2O/c1-2-3-11-6-8-18(9-7-11)15(19)13-10-12(17)4-5-14(13)16/h4-5,10-11H,2-3,6-9,17H2,1H3. The average Bonchev–Trinajstić information content (AvgIpc) is 2.42. The summed E-state index contributed by atoms with van der Waals surface area (Å²) in [5, 5.41) is 0. The zero-order valence-corrected chi connectivity index (χ0v) is 11.4. The fraction of sp³-hybridized carbons (Fsp3) is 0.533. The van der Waals surface area contributed by atoms with Crippen molar-refractivity contribution in [3.05, 3.63) is 29.6 Å². The number of nitrogens with two attached hydrogens (primary N) is 1. The van der Waals surface area contributed by atoms with E-state index in [1.165, 1.54) is 31.0 Å². The lowest BCUT2D eigenvalue weighted by Gasteiger charge is -2.32. The molecule has 2 N–H and O–H groups in total. The molecule has 104 valence electrons. The number of nitrogens with zero attached hydrogens (tertiary/aromatic N) is 1. The van der Waals surface area contributed by atoms with E-state index in [4.69, 9.17) is 5.73 Å². The van der Waals surface area contributed by atoms with Crippen molar-refractivity contribution in [1.82, 2.24) is 4.90 Å². The molecule has 1 aromatic rings. The lowest BCUT2D eigenvalue weighted by molar-refractivity contribution is 0.0682. The molecule has 4 heteroatoms. The number of hydrogen-bond donors (Lipinski definition) is 1. The number of hydrogen-bond acceptors (Lipinski definition) is 2. The highest BCUT2D eigenvalue weighted by molar-refractivity contribution is 5.95. The van der Waals surface area contributed by atoms with Gasteiger partial charge in [0.25, 0.3) is 5.91 Å². The highest BCUT2D eigenvalue weighted by Gasteiger charge is 2.24. The Bertz CT molecular complexity index is 453. The largest absolute Gasteiger partial charge is 0.399 e. The molecule has 0 radical (unpaired) electrons. The van der Waals surface area contributed by atoms with Crippen molar-refractivity contribution >= 4 is 11.6 Å². The van der Waals surface area contributed by atoms with Crippen LogP contribution < -0.4 is 5.73 Å². The molecule has 1 fully saturated rings. The summed E-state index contributed by atoms with van der Waals surface area (Å²) in [5.74, 6) is -0.0191. The zero-order valence-electron chi connectivity index (χ0n) is 11.4. The van der Waals surface area contributed by atoms with Gasteiger partial charge in [-0.2, -0.15) is 0 Å². The lowest BCUT2D eigenvalue weighted by atomic mass is 9.92. The Morgan fingerprint density at radius 1 is 1.42 bits per heavy atom. The van der Waals surface area contributed by atoms with Crippen LogP contribution in [0.25, 0.3) is 0 Å². The number of benzene rings is 1. The molecule has 1 aromatic carbocycles. The van der Waals surface area contributed by atoms with Crippen molar-refractivity contribution in [3.8, 4) is 0 Å². The Hall–Kier alpha value is -1.58. The van der Waals surface area contributed by atoms with Crippen LogP contribution >= 0.6 is 0 Å². The first-order valence-electron chi connectivity index (χ1n) is 6.96. The third kappa shape index (κ3) is 3.25. The van der Waals surface area contributed by atoms with Gasteiger partial charge in [0.05, 0.1) is 5.56 Å². The number of halogens is 1.